The van der Waals surface area contributed by atoms with Crippen molar-refractivity contribution in [3.05, 3.63) is 119 Å². The highest BCUT2D eigenvalue weighted by atomic mass is 19.1. The predicted molar refractivity (Wildman–Crippen MR) is 144 cm³/mol. The molecule has 4 aromatic rings. The van der Waals surface area contributed by atoms with Crippen LogP contribution >= 0.6 is 0 Å². The molecule has 38 heavy (non-hydrogen) atoms. The number of anilines is 2. The molecule has 2 atom stereocenters. The number of amides is 2. The molecular weight excluding hydrogens is 483 g/mol. The van der Waals surface area contributed by atoms with Crippen molar-refractivity contribution in [3.63, 3.8) is 0 Å². The normalized spacial score (nSPS) is 16.5. The zero-order valence-corrected chi connectivity index (χ0v) is 21.3. The predicted octanol–water partition coefficient (Wildman–Crippen LogP) is 6.28. The van der Waals surface area contributed by atoms with Crippen LogP contribution in [0, 0.1) is 12.7 Å². The first kappa shape index (κ1) is 25.0. The number of ether oxygens (including phenoxy) is 2. The van der Waals surface area contributed by atoms with Crippen molar-refractivity contribution in [1.29, 1.82) is 0 Å². The van der Waals surface area contributed by atoms with Gasteiger partial charge in [0, 0.05) is 16.9 Å². The highest BCUT2D eigenvalue weighted by molar-refractivity contribution is 6.12. The van der Waals surface area contributed by atoms with Crippen LogP contribution in [0.3, 0.4) is 0 Å². The zero-order chi connectivity index (χ0) is 26.8. The van der Waals surface area contributed by atoms with Gasteiger partial charge < -0.3 is 14.8 Å². The van der Waals surface area contributed by atoms with Gasteiger partial charge in [-0.3, -0.25) is 14.5 Å². The highest BCUT2D eigenvalue weighted by Crippen LogP contribution is 2.46. The maximum Gasteiger partial charge on any atom is 0.259 e. The Hall–Kier alpha value is -4.65. The Balaban J connectivity index is 1.67. The van der Waals surface area contributed by atoms with Gasteiger partial charge in [-0.05, 0) is 78.2 Å². The smallest absolute Gasteiger partial charge is 0.259 e. The van der Waals surface area contributed by atoms with E-state index >= 15 is 0 Å². The molecule has 1 N–H and O–H groups in total. The summed E-state index contributed by atoms with van der Waals surface area (Å²) in [6.07, 6.45) is 0. The third kappa shape index (κ3) is 4.59. The summed E-state index contributed by atoms with van der Waals surface area (Å²) in [7, 11) is 3.15. The maximum absolute atomic E-state index is 14.3. The molecule has 0 radical (unpaired) electrons. The van der Waals surface area contributed by atoms with Crippen LogP contribution in [0.2, 0.25) is 0 Å². The van der Waals surface area contributed by atoms with Gasteiger partial charge in [0.1, 0.15) is 17.3 Å². The van der Waals surface area contributed by atoms with Gasteiger partial charge in [0.25, 0.3) is 5.91 Å². The number of carbonyl (C=O) groups is 2. The minimum absolute atomic E-state index is 0.225. The Morgan fingerprint density at radius 3 is 2.13 bits per heavy atom. The summed E-state index contributed by atoms with van der Waals surface area (Å²) in [5.74, 6) is -0.472. The summed E-state index contributed by atoms with van der Waals surface area (Å²) in [6.45, 7) is 1.66. The quantitative estimate of drug-likeness (QED) is 0.332. The van der Waals surface area contributed by atoms with Gasteiger partial charge in [-0.25, -0.2) is 4.39 Å². The van der Waals surface area contributed by atoms with Crippen molar-refractivity contribution in [2.75, 3.05) is 24.4 Å². The number of benzene rings is 4. The fourth-order valence-electron chi connectivity index (χ4n) is 4.88. The Kier molecular flexibility index (Phi) is 6.83. The summed E-state index contributed by atoms with van der Waals surface area (Å²) in [5.41, 5.74) is 3.23. The van der Waals surface area contributed by atoms with Gasteiger partial charge in [0.05, 0.1) is 26.2 Å². The molecule has 0 aliphatic carbocycles. The van der Waals surface area contributed by atoms with Crippen LogP contribution in [0.1, 0.15) is 39.0 Å². The van der Waals surface area contributed by atoms with Gasteiger partial charge in [-0.2, -0.15) is 0 Å². The molecule has 1 heterocycles. The molecule has 2 amide bonds. The number of fused-ring (bicyclic) bond motifs is 1. The molecule has 6 nitrogen and oxygen atoms in total. The van der Waals surface area contributed by atoms with E-state index in [1.54, 1.807) is 92.8 Å². The van der Waals surface area contributed by atoms with Crippen LogP contribution < -0.4 is 19.7 Å². The second-order valence-electron chi connectivity index (χ2n) is 9.11. The van der Waals surface area contributed by atoms with E-state index in [9.17, 15) is 14.0 Å². The topological polar surface area (TPSA) is 67.9 Å². The Morgan fingerprint density at radius 2 is 1.50 bits per heavy atom. The van der Waals surface area contributed by atoms with Crippen LogP contribution in [0.15, 0.2) is 91.0 Å². The molecule has 0 bridgehead atoms. The lowest BCUT2D eigenvalue weighted by molar-refractivity contribution is -0.118. The Labute approximate surface area is 220 Å². The van der Waals surface area contributed by atoms with E-state index in [1.165, 1.54) is 6.07 Å². The summed E-state index contributed by atoms with van der Waals surface area (Å²) in [5, 5.41) is 2.89. The minimum atomic E-state index is -0.788. The van der Waals surface area contributed by atoms with E-state index in [0.29, 0.717) is 39.6 Å². The Morgan fingerprint density at radius 1 is 0.868 bits per heavy atom. The fraction of sp³-hybridized carbons (Fsp3) is 0.161. The van der Waals surface area contributed by atoms with E-state index in [2.05, 4.69) is 5.32 Å². The van der Waals surface area contributed by atoms with Crippen molar-refractivity contribution >= 4 is 23.2 Å². The van der Waals surface area contributed by atoms with Crippen molar-refractivity contribution in [2.24, 2.45) is 0 Å². The average molecular weight is 511 g/mol. The molecule has 0 fully saturated rings. The SMILES string of the molecule is COc1ccc([C@H]2[C@@H](C(=O)Nc3ccc(C)c(F)c3)c3ccccc3C(=O)N2c2ccc(OC)cc2)cc1. The number of hydrogen-bond acceptors (Lipinski definition) is 4. The van der Waals surface area contributed by atoms with Crippen molar-refractivity contribution in [3.8, 4) is 11.5 Å². The zero-order valence-electron chi connectivity index (χ0n) is 21.3. The molecule has 0 spiro atoms. The van der Waals surface area contributed by atoms with Crippen molar-refractivity contribution < 1.29 is 23.5 Å². The number of nitrogens with zero attached hydrogens (tertiary/aromatic N) is 1. The number of carbonyl (C=O) groups excluding carboxylic acids is 2. The van der Waals surface area contributed by atoms with Crippen LogP contribution in [-0.2, 0) is 4.79 Å². The lowest BCUT2D eigenvalue weighted by Crippen LogP contribution is -2.46. The number of rotatable bonds is 6. The van der Waals surface area contributed by atoms with E-state index in [0.717, 1.165) is 5.56 Å². The molecule has 0 saturated heterocycles. The molecule has 4 aromatic carbocycles. The first-order valence-corrected chi connectivity index (χ1v) is 12.2. The number of aryl methyl sites for hydroxylation is 1. The average Bonchev–Trinajstić information content (AvgIpc) is 2.95. The summed E-state index contributed by atoms with van der Waals surface area (Å²) >= 11 is 0. The van der Waals surface area contributed by atoms with Gasteiger partial charge in [-0.15, -0.1) is 0 Å². The monoisotopic (exact) mass is 510 g/mol. The number of methoxy groups -OCH3 is 2. The third-order valence-electron chi connectivity index (χ3n) is 6.87. The molecule has 7 heteroatoms. The van der Waals surface area contributed by atoms with E-state index in [1.807, 2.05) is 18.2 Å². The summed E-state index contributed by atoms with van der Waals surface area (Å²) < 4.78 is 24.9. The van der Waals surface area contributed by atoms with Gasteiger partial charge in [-0.1, -0.05) is 36.4 Å². The highest BCUT2D eigenvalue weighted by Gasteiger charge is 2.45. The molecular formula is C31H27FN2O4. The van der Waals surface area contributed by atoms with Crippen LogP contribution in [0.5, 0.6) is 11.5 Å². The van der Waals surface area contributed by atoms with Gasteiger partial charge >= 0.3 is 0 Å². The summed E-state index contributed by atoms with van der Waals surface area (Å²) in [4.78, 5) is 29.6. The standard InChI is InChI=1S/C31H27FN2O4/c1-19-8-11-21(18-27(19)32)33-30(35)28-25-6-4-5-7-26(25)31(36)34(22-12-16-24(38-3)17-13-22)29(28)20-9-14-23(37-2)15-10-20/h4-18,28-29H,1-3H3,(H,33,35)/t28-,29-/m0/s1. The Bertz CT molecular complexity index is 1490. The van der Waals surface area contributed by atoms with Crippen LogP contribution in [0.25, 0.3) is 0 Å². The lowest BCUT2D eigenvalue weighted by Gasteiger charge is -2.42. The van der Waals surface area contributed by atoms with E-state index in [4.69, 9.17) is 9.47 Å². The molecule has 0 aromatic heterocycles. The molecule has 0 saturated carbocycles. The second-order valence-corrected chi connectivity index (χ2v) is 9.11. The minimum Gasteiger partial charge on any atom is -0.497 e. The number of halogens is 1. The van der Waals surface area contributed by atoms with Crippen LogP contribution in [-0.4, -0.2) is 26.0 Å². The lowest BCUT2D eigenvalue weighted by atomic mass is 9.78. The molecule has 192 valence electrons. The second kappa shape index (κ2) is 10.4. The maximum atomic E-state index is 14.3. The van der Waals surface area contributed by atoms with Crippen LogP contribution in [0.4, 0.5) is 15.8 Å². The molecule has 1 aliphatic heterocycles. The fourth-order valence-corrected chi connectivity index (χ4v) is 4.88. The molecule has 5 rings (SSSR count). The summed E-state index contributed by atoms with van der Waals surface area (Å²) in [6, 6.07) is 25.5. The third-order valence-corrected chi connectivity index (χ3v) is 6.87. The van der Waals surface area contributed by atoms with E-state index < -0.39 is 17.8 Å². The first-order valence-electron chi connectivity index (χ1n) is 12.2. The van der Waals surface area contributed by atoms with Gasteiger partial charge in [0.2, 0.25) is 5.91 Å². The molecule has 1 aliphatic rings. The van der Waals surface area contributed by atoms with Crippen molar-refractivity contribution in [2.45, 2.75) is 18.9 Å². The van der Waals surface area contributed by atoms with Crippen molar-refractivity contribution in [1.82, 2.24) is 0 Å². The van der Waals surface area contributed by atoms with E-state index in [-0.39, 0.29) is 11.8 Å². The number of nitrogens with one attached hydrogen (secondary N) is 1. The molecule has 0 unspecified atom stereocenters. The first-order chi connectivity index (χ1) is 18.4. The number of hydrogen-bond donors (Lipinski definition) is 1. The van der Waals surface area contributed by atoms with Gasteiger partial charge in [0.15, 0.2) is 0 Å². The largest absolute Gasteiger partial charge is 0.497 e.